The Morgan fingerprint density at radius 3 is 2.57 bits per heavy atom. The first kappa shape index (κ1) is 19.6. The zero-order valence-corrected chi connectivity index (χ0v) is 15.1. The summed E-state index contributed by atoms with van der Waals surface area (Å²) in [4.78, 5) is 11.3. The van der Waals surface area contributed by atoms with E-state index >= 15 is 0 Å². The fraction of sp³-hybridized carbons (Fsp3) is 0.562. The Bertz CT molecular complexity index is 516. The molecule has 1 aromatic rings. The van der Waals surface area contributed by atoms with Gasteiger partial charge in [0.25, 0.3) is 0 Å². The van der Waals surface area contributed by atoms with Crippen molar-refractivity contribution in [1.29, 1.82) is 0 Å². The topological polar surface area (TPSA) is 65.0 Å². The Morgan fingerprint density at radius 2 is 2.04 bits per heavy atom. The lowest BCUT2D eigenvalue weighted by molar-refractivity contribution is -0.161. The Hall–Kier alpha value is -1.44. The third kappa shape index (κ3) is 7.11. The average Bonchev–Trinajstić information content (AvgIpc) is 2.43. The van der Waals surface area contributed by atoms with Crippen molar-refractivity contribution in [2.75, 3.05) is 20.0 Å². The smallest absolute Gasteiger partial charge is 0.337 e. The van der Waals surface area contributed by atoms with Gasteiger partial charge in [0, 0.05) is 26.3 Å². The summed E-state index contributed by atoms with van der Waals surface area (Å²) in [5.74, 6) is -1.59. The maximum Gasteiger partial charge on any atom is 0.337 e. The van der Waals surface area contributed by atoms with Crippen LogP contribution in [0, 0.1) is 5.82 Å². The van der Waals surface area contributed by atoms with Crippen LogP contribution in [0.2, 0.25) is 25.7 Å². The van der Waals surface area contributed by atoms with Crippen LogP contribution in [0.3, 0.4) is 0 Å². The normalized spacial score (nSPS) is 12.9. The van der Waals surface area contributed by atoms with Crippen molar-refractivity contribution in [3.63, 3.8) is 0 Å². The molecule has 7 heteroatoms. The molecule has 23 heavy (non-hydrogen) atoms. The van der Waals surface area contributed by atoms with Gasteiger partial charge in [-0.2, -0.15) is 0 Å². The maximum atomic E-state index is 14.1. The summed E-state index contributed by atoms with van der Waals surface area (Å²) < 4.78 is 29.7. The zero-order chi connectivity index (χ0) is 17.5. The minimum absolute atomic E-state index is 0.0465. The number of hydrogen-bond acceptors (Lipinski definition) is 4. The highest BCUT2D eigenvalue weighted by atomic mass is 28.3. The standard InChI is InChI=1S/C16H25FO5Si/c1-5-21-12-6-7-13(14(17)10-12)15(16(18)19)22-11-20-8-9-23(2,3)4/h6-7,10,15H,5,8-9,11H2,1-4H3,(H,18,19). The van der Waals surface area contributed by atoms with Crippen LogP contribution < -0.4 is 4.74 Å². The lowest BCUT2D eigenvalue weighted by Crippen LogP contribution is -2.23. The Morgan fingerprint density at radius 1 is 1.35 bits per heavy atom. The van der Waals surface area contributed by atoms with E-state index < -0.39 is 26.0 Å². The summed E-state index contributed by atoms with van der Waals surface area (Å²) in [7, 11) is -1.21. The van der Waals surface area contributed by atoms with Crippen molar-refractivity contribution in [2.45, 2.75) is 38.7 Å². The second-order valence-corrected chi connectivity index (χ2v) is 12.0. The van der Waals surface area contributed by atoms with Gasteiger partial charge in [0.15, 0.2) is 6.10 Å². The van der Waals surface area contributed by atoms with E-state index in [1.165, 1.54) is 12.1 Å². The first-order chi connectivity index (χ1) is 10.7. The Balaban J connectivity index is 2.63. The third-order valence-corrected chi connectivity index (χ3v) is 4.81. The first-order valence-corrected chi connectivity index (χ1v) is 11.3. The zero-order valence-electron chi connectivity index (χ0n) is 14.1. The minimum Gasteiger partial charge on any atom is -0.494 e. The summed E-state index contributed by atoms with van der Waals surface area (Å²) in [6.45, 7) is 9.16. The van der Waals surface area contributed by atoms with Gasteiger partial charge in [-0.15, -0.1) is 0 Å². The second-order valence-electron chi connectivity index (χ2n) is 6.34. The number of halogens is 1. The van der Waals surface area contributed by atoms with Gasteiger partial charge in [0.2, 0.25) is 0 Å². The molecule has 0 aliphatic carbocycles. The quantitative estimate of drug-likeness (QED) is 0.398. The number of benzene rings is 1. The van der Waals surface area contributed by atoms with Gasteiger partial charge < -0.3 is 19.3 Å². The molecule has 1 aromatic carbocycles. The molecule has 130 valence electrons. The van der Waals surface area contributed by atoms with E-state index in [0.29, 0.717) is 19.0 Å². The van der Waals surface area contributed by atoms with Crippen molar-refractivity contribution >= 4 is 14.0 Å². The fourth-order valence-electron chi connectivity index (χ4n) is 1.82. The van der Waals surface area contributed by atoms with Gasteiger partial charge in [-0.05, 0) is 25.1 Å². The average molecular weight is 344 g/mol. The molecule has 0 amide bonds. The fourth-order valence-corrected chi connectivity index (χ4v) is 2.58. The molecule has 0 saturated heterocycles. The predicted octanol–water partition coefficient (Wildman–Crippen LogP) is 3.68. The number of ether oxygens (including phenoxy) is 3. The summed E-state index contributed by atoms with van der Waals surface area (Å²) in [6, 6.07) is 4.99. The number of carboxylic acid groups (broad SMARTS) is 1. The van der Waals surface area contributed by atoms with Crippen molar-refractivity contribution in [2.24, 2.45) is 0 Å². The Labute approximate surface area is 137 Å². The first-order valence-electron chi connectivity index (χ1n) is 7.59. The minimum atomic E-state index is -1.41. The molecule has 0 saturated carbocycles. The van der Waals surface area contributed by atoms with Crippen LogP contribution in [0.4, 0.5) is 4.39 Å². The van der Waals surface area contributed by atoms with Gasteiger partial charge in [-0.1, -0.05) is 19.6 Å². The van der Waals surface area contributed by atoms with E-state index in [0.717, 1.165) is 12.1 Å². The summed E-state index contributed by atoms with van der Waals surface area (Å²) in [5, 5.41) is 9.24. The molecule has 1 N–H and O–H groups in total. The highest BCUT2D eigenvalue weighted by Crippen LogP contribution is 2.25. The summed E-state index contributed by atoms with van der Waals surface area (Å²) in [6.07, 6.45) is -1.41. The number of carbonyl (C=O) groups is 1. The van der Waals surface area contributed by atoms with Crippen molar-refractivity contribution in [3.05, 3.63) is 29.6 Å². The van der Waals surface area contributed by atoms with E-state index in [4.69, 9.17) is 14.2 Å². The molecular formula is C16H25FO5Si. The molecule has 0 radical (unpaired) electrons. The predicted molar refractivity (Wildman–Crippen MR) is 88.0 cm³/mol. The molecule has 0 heterocycles. The van der Waals surface area contributed by atoms with E-state index in [2.05, 4.69) is 19.6 Å². The van der Waals surface area contributed by atoms with Gasteiger partial charge in [0.1, 0.15) is 18.4 Å². The highest BCUT2D eigenvalue weighted by Gasteiger charge is 2.24. The largest absolute Gasteiger partial charge is 0.494 e. The SMILES string of the molecule is CCOc1ccc(C(OCOCC[Si](C)(C)C)C(=O)O)c(F)c1. The van der Waals surface area contributed by atoms with Crippen LogP contribution in [0.15, 0.2) is 18.2 Å². The molecule has 0 spiro atoms. The van der Waals surface area contributed by atoms with Crippen molar-refractivity contribution in [1.82, 2.24) is 0 Å². The van der Waals surface area contributed by atoms with Crippen LogP contribution in [0.1, 0.15) is 18.6 Å². The van der Waals surface area contributed by atoms with Gasteiger partial charge >= 0.3 is 5.97 Å². The number of hydrogen-bond donors (Lipinski definition) is 1. The van der Waals surface area contributed by atoms with Gasteiger partial charge in [0.05, 0.1) is 6.61 Å². The molecule has 0 fully saturated rings. The molecule has 0 aromatic heterocycles. The number of carboxylic acids is 1. The van der Waals surface area contributed by atoms with Crippen molar-refractivity contribution < 1.29 is 28.5 Å². The molecule has 0 bridgehead atoms. The van der Waals surface area contributed by atoms with Gasteiger partial charge in [-0.25, -0.2) is 9.18 Å². The molecule has 1 atom stereocenters. The third-order valence-electron chi connectivity index (χ3n) is 3.10. The summed E-state index contributed by atoms with van der Waals surface area (Å²) in [5.41, 5.74) is -0.0465. The van der Waals surface area contributed by atoms with Crippen LogP contribution in [0.5, 0.6) is 5.75 Å². The molecular weight excluding hydrogens is 319 g/mol. The van der Waals surface area contributed by atoms with E-state index in [9.17, 15) is 14.3 Å². The maximum absolute atomic E-state index is 14.1. The second kappa shape index (κ2) is 9.00. The molecule has 0 aliphatic rings. The molecule has 1 unspecified atom stereocenters. The Kier molecular flexibility index (Phi) is 7.67. The van der Waals surface area contributed by atoms with E-state index in [1.54, 1.807) is 6.92 Å². The van der Waals surface area contributed by atoms with E-state index in [1.807, 2.05) is 0 Å². The monoisotopic (exact) mass is 344 g/mol. The molecule has 0 aliphatic heterocycles. The lowest BCUT2D eigenvalue weighted by atomic mass is 10.1. The van der Waals surface area contributed by atoms with Crippen LogP contribution in [-0.4, -0.2) is 39.2 Å². The highest BCUT2D eigenvalue weighted by molar-refractivity contribution is 6.76. The molecule has 1 rings (SSSR count). The van der Waals surface area contributed by atoms with Crippen molar-refractivity contribution in [3.8, 4) is 5.75 Å². The number of aliphatic carboxylic acids is 1. The number of rotatable bonds is 10. The van der Waals surface area contributed by atoms with Crippen LogP contribution >= 0.6 is 0 Å². The lowest BCUT2D eigenvalue weighted by Gasteiger charge is -2.18. The van der Waals surface area contributed by atoms with Crippen LogP contribution in [0.25, 0.3) is 0 Å². The van der Waals surface area contributed by atoms with Crippen LogP contribution in [-0.2, 0) is 14.3 Å². The van der Waals surface area contributed by atoms with E-state index in [-0.39, 0.29) is 12.4 Å². The summed E-state index contributed by atoms with van der Waals surface area (Å²) >= 11 is 0. The van der Waals surface area contributed by atoms with Gasteiger partial charge in [-0.3, -0.25) is 0 Å². The molecule has 5 nitrogen and oxygen atoms in total.